The molecular formula is C17H17F3N2O2S. The summed E-state index contributed by atoms with van der Waals surface area (Å²) in [7, 11) is 1.55. The minimum atomic E-state index is -4.25. The van der Waals surface area contributed by atoms with E-state index in [4.69, 9.17) is 4.74 Å². The lowest BCUT2D eigenvalue weighted by molar-refractivity contribution is -0.114. The lowest BCUT2D eigenvalue weighted by Crippen LogP contribution is -2.22. The van der Waals surface area contributed by atoms with Gasteiger partial charge in [-0.25, -0.2) is 0 Å². The van der Waals surface area contributed by atoms with E-state index in [1.807, 2.05) is 0 Å². The fourth-order valence-corrected chi connectivity index (χ4v) is 2.74. The minimum absolute atomic E-state index is 0.0599. The second kappa shape index (κ2) is 8.66. The number of amides is 1. The summed E-state index contributed by atoms with van der Waals surface area (Å²) in [5.41, 5.74) is 1.09. The molecule has 2 aromatic rings. The van der Waals surface area contributed by atoms with Crippen LogP contribution in [0, 0.1) is 0 Å². The van der Waals surface area contributed by atoms with E-state index in [1.54, 1.807) is 55.6 Å². The number of anilines is 2. The van der Waals surface area contributed by atoms with Crippen molar-refractivity contribution in [2.75, 3.05) is 30.0 Å². The zero-order valence-corrected chi connectivity index (χ0v) is 14.2. The standard InChI is InChI=1S/C17H17F3N2O2S/c1-24-13-8-6-12(7-9-13)22-16(23)10-21-14-4-2-3-5-15(14)25-11-17(18,19)20/h2-9,21H,10-11H2,1H3,(H,22,23). The van der Waals surface area contributed by atoms with Crippen LogP contribution in [0.1, 0.15) is 0 Å². The Morgan fingerprint density at radius 1 is 1.12 bits per heavy atom. The summed E-state index contributed by atoms with van der Waals surface area (Å²) in [5.74, 6) is -0.614. The average Bonchev–Trinajstić information content (AvgIpc) is 2.59. The first-order valence-electron chi connectivity index (χ1n) is 7.34. The molecule has 0 aliphatic rings. The molecular weight excluding hydrogens is 353 g/mol. The van der Waals surface area contributed by atoms with Gasteiger partial charge in [0.15, 0.2) is 0 Å². The summed E-state index contributed by atoms with van der Waals surface area (Å²) < 4.78 is 42.1. The number of rotatable bonds is 7. The summed E-state index contributed by atoms with van der Waals surface area (Å²) in [5, 5.41) is 5.56. The first-order valence-corrected chi connectivity index (χ1v) is 8.32. The average molecular weight is 370 g/mol. The monoisotopic (exact) mass is 370 g/mol. The number of carbonyl (C=O) groups excluding carboxylic acids is 1. The summed E-state index contributed by atoms with van der Waals surface area (Å²) in [4.78, 5) is 12.4. The number of ether oxygens (including phenoxy) is 1. The molecule has 0 saturated carbocycles. The highest BCUT2D eigenvalue weighted by Gasteiger charge is 2.27. The van der Waals surface area contributed by atoms with E-state index in [1.165, 1.54) is 0 Å². The van der Waals surface area contributed by atoms with E-state index in [0.717, 1.165) is 0 Å². The molecule has 0 saturated heterocycles. The number of nitrogens with one attached hydrogen (secondary N) is 2. The third-order valence-corrected chi connectivity index (χ3v) is 4.23. The van der Waals surface area contributed by atoms with Gasteiger partial charge in [-0.15, -0.1) is 11.8 Å². The third-order valence-electron chi connectivity index (χ3n) is 3.09. The number of hydrogen-bond acceptors (Lipinski definition) is 4. The van der Waals surface area contributed by atoms with Crippen LogP contribution in [-0.4, -0.2) is 31.5 Å². The number of carbonyl (C=O) groups is 1. The molecule has 2 aromatic carbocycles. The molecule has 0 heterocycles. The molecule has 0 aromatic heterocycles. The zero-order valence-electron chi connectivity index (χ0n) is 13.4. The Morgan fingerprint density at radius 3 is 2.44 bits per heavy atom. The van der Waals surface area contributed by atoms with Gasteiger partial charge in [-0.2, -0.15) is 13.2 Å². The summed E-state index contributed by atoms with van der Waals surface area (Å²) in [6, 6.07) is 13.4. The van der Waals surface area contributed by atoms with Crippen LogP contribution in [0.2, 0.25) is 0 Å². The fraction of sp³-hybridized carbons (Fsp3) is 0.235. The summed E-state index contributed by atoms with van der Waals surface area (Å²) in [6.45, 7) is -0.0599. The zero-order chi connectivity index (χ0) is 18.3. The van der Waals surface area contributed by atoms with Gasteiger partial charge >= 0.3 is 6.18 Å². The third kappa shape index (κ3) is 6.58. The molecule has 2 N–H and O–H groups in total. The van der Waals surface area contributed by atoms with E-state index in [9.17, 15) is 18.0 Å². The second-order valence-corrected chi connectivity index (χ2v) is 6.05. The smallest absolute Gasteiger partial charge is 0.398 e. The normalized spacial score (nSPS) is 11.0. The van der Waals surface area contributed by atoms with E-state index in [2.05, 4.69) is 10.6 Å². The van der Waals surface area contributed by atoms with Gasteiger partial charge in [0.1, 0.15) is 5.75 Å². The van der Waals surface area contributed by atoms with Crippen LogP contribution >= 0.6 is 11.8 Å². The molecule has 25 heavy (non-hydrogen) atoms. The van der Waals surface area contributed by atoms with Gasteiger partial charge in [-0.3, -0.25) is 4.79 Å². The van der Waals surface area contributed by atoms with Crippen molar-refractivity contribution < 1.29 is 22.7 Å². The summed E-state index contributed by atoms with van der Waals surface area (Å²) >= 11 is 0.681. The number of benzene rings is 2. The van der Waals surface area contributed by atoms with Crippen molar-refractivity contribution in [3.8, 4) is 5.75 Å². The van der Waals surface area contributed by atoms with Crippen LogP contribution in [0.25, 0.3) is 0 Å². The number of methoxy groups -OCH3 is 1. The number of halogens is 3. The fourth-order valence-electron chi connectivity index (χ4n) is 1.95. The van der Waals surface area contributed by atoms with Gasteiger partial charge in [0.05, 0.1) is 19.4 Å². The van der Waals surface area contributed by atoms with Crippen LogP contribution in [-0.2, 0) is 4.79 Å². The van der Waals surface area contributed by atoms with Gasteiger partial charge in [-0.05, 0) is 36.4 Å². The lowest BCUT2D eigenvalue weighted by atomic mass is 10.3. The Hall–Kier alpha value is -2.35. The Morgan fingerprint density at radius 2 is 1.80 bits per heavy atom. The molecule has 0 radical (unpaired) electrons. The number of thioether (sulfide) groups is 1. The van der Waals surface area contributed by atoms with Crippen molar-refractivity contribution in [2.24, 2.45) is 0 Å². The van der Waals surface area contributed by atoms with E-state index in [0.29, 0.717) is 33.8 Å². The number of hydrogen-bond donors (Lipinski definition) is 2. The van der Waals surface area contributed by atoms with Crippen LogP contribution in [0.15, 0.2) is 53.4 Å². The molecule has 0 spiro atoms. The van der Waals surface area contributed by atoms with Gasteiger partial charge in [0.25, 0.3) is 0 Å². The van der Waals surface area contributed by atoms with Crippen molar-refractivity contribution in [1.29, 1.82) is 0 Å². The van der Waals surface area contributed by atoms with Crippen LogP contribution < -0.4 is 15.4 Å². The van der Waals surface area contributed by atoms with Gasteiger partial charge in [0.2, 0.25) is 5.91 Å². The van der Waals surface area contributed by atoms with Gasteiger partial charge in [-0.1, -0.05) is 12.1 Å². The first kappa shape index (κ1) is 19.0. The topological polar surface area (TPSA) is 50.4 Å². The van der Waals surface area contributed by atoms with Gasteiger partial charge in [0, 0.05) is 16.3 Å². The van der Waals surface area contributed by atoms with E-state index in [-0.39, 0.29) is 12.5 Å². The maximum absolute atomic E-state index is 12.4. The highest BCUT2D eigenvalue weighted by Crippen LogP contribution is 2.31. The highest BCUT2D eigenvalue weighted by molar-refractivity contribution is 7.99. The lowest BCUT2D eigenvalue weighted by Gasteiger charge is -2.13. The second-order valence-electron chi connectivity index (χ2n) is 5.03. The SMILES string of the molecule is COc1ccc(NC(=O)CNc2ccccc2SCC(F)(F)F)cc1. The number of alkyl halides is 3. The Balaban J connectivity index is 1.90. The van der Waals surface area contributed by atoms with E-state index >= 15 is 0 Å². The molecule has 1 amide bonds. The Kier molecular flexibility index (Phi) is 6.58. The van der Waals surface area contributed by atoms with Gasteiger partial charge < -0.3 is 15.4 Å². The molecule has 2 rings (SSSR count). The van der Waals surface area contributed by atoms with Crippen LogP contribution in [0.3, 0.4) is 0 Å². The largest absolute Gasteiger partial charge is 0.497 e. The minimum Gasteiger partial charge on any atom is -0.497 e. The Labute approximate surface area is 147 Å². The van der Waals surface area contributed by atoms with E-state index < -0.39 is 11.9 Å². The van der Waals surface area contributed by atoms with Crippen molar-refractivity contribution in [2.45, 2.75) is 11.1 Å². The molecule has 4 nitrogen and oxygen atoms in total. The maximum Gasteiger partial charge on any atom is 0.398 e. The first-order chi connectivity index (χ1) is 11.9. The van der Waals surface area contributed by atoms with Crippen molar-refractivity contribution in [3.63, 3.8) is 0 Å². The van der Waals surface area contributed by atoms with Crippen molar-refractivity contribution in [1.82, 2.24) is 0 Å². The molecule has 134 valence electrons. The predicted octanol–water partition coefficient (Wildman–Crippen LogP) is 4.40. The molecule has 8 heteroatoms. The maximum atomic E-state index is 12.4. The predicted molar refractivity (Wildman–Crippen MR) is 93.3 cm³/mol. The highest BCUT2D eigenvalue weighted by atomic mass is 32.2. The molecule has 0 aliphatic heterocycles. The van der Waals surface area contributed by atoms with Crippen LogP contribution in [0.5, 0.6) is 5.75 Å². The van der Waals surface area contributed by atoms with Crippen LogP contribution in [0.4, 0.5) is 24.5 Å². The van der Waals surface area contributed by atoms with Crippen molar-refractivity contribution >= 4 is 29.0 Å². The molecule has 0 aliphatic carbocycles. The molecule has 0 unspecified atom stereocenters. The molecule has 0 fully saturated rings. The molecule has 0 atom stereocenters. The summed E-state index contributed by atoms with van der Waals surface area (Å²) in [6.07, 6.45) is -4.25. The molecule has 0 bridgehead atoms. The number of para-hydroxylation sites is 1. The quantitative estimate of drug-likeness (QED) is 0.710. The Bertz CT molecular complexity index is 706. The van der Waals surface area contributed by atoms with Crippen molar-refractivity contribution in [3.05, 3.63) is 48.5 Å².